The Balaban J connectivity index is 2.50. The van der Waals surface area contributed by atoms with Crippen LogP contribution in [0, 0.1) is 6.92 Å². The molecule has 2 aromatic rings. The summed E-state index contributed by atoms with van der Waals surface area (Å²) in [6, 6.07) is 7.37. The van der Waals surface area contributed by atoms with Crippen LogP contribution in [0.15, 0.2) is 24.3 Å². The molecule has 6 nitrogen and oxygen atoms in total. The van der Waals surface area contributed by atoms with Crippen LogP contribution in [0.3, 0.4) is 0 Å². The van der Waals surface area contributed by atoms with Crippen LogP contribution in [0.5, 0.6) is 0 Å². The summed E-state index contributed by atoms with van der Waals surface area (Å²) in [6.45, 7) is 2.08. The molecule has 0 aliphatic carbocycles. The highest BCUT2D eigenvalue weighted by molar-refractivity contribution is 5.87. The zero-order valence-electron chi connectivity index (χ0n) is 10.1. The normalized spacial score (nSPS) is 10.6. The van der Waals surface area contributed by atoms with Crippen molar-refractivity contribution in [3.63, 3.8) is 0 Å². The first-order chi connectivity index (χ1) is 8.63. The number of hydrogen-bond acceptors (Lipinski definition) is 4. The van der Waals surface area contributed by atoms with E-state index < -0.39 is 5.97 Å². The lowest BCUT2D eigenvalue weighted by molar-refractivity contribution is 0.0681. The predicted octanol–water partition coefficient (Wildman–Crippen LogP) is 1.42. The van der Waals surface area contributed by atoms with Crippen molar-refractivity contribution in [3.05, 3.63) is 41.2 Å². The quantitative estimate of drug-likeness (QED) is 0.884. The molecule has 1 aromatic carbocycles. The lowest BCUT2D eigenvalue weighted by Crippen LogP contribution is -2.10. The third-order valence-electron chi connectivity index (χ3n) is 2.50. The van der Waals surface area contributed by atoms with Crippen molar-refractivity contribution in [1.29, 1.82) is 0 Å². The molecule has 0 saturated heterocycles. The molecular formula is C12H13N3O3. The van der Waals surface area contributed by atoms with Gasteiger partial charge >= 0.3 is 5.97 Å². The highest BCUT2D eigenvalue weighted by Crippen LogP contribution is 2.14. The van der Waals surface area contributed by atoms with Gasteiger partial charge in [0.25, 0.3) is 0 Å². The molecule has 1 N–H and O–H groups in total. The summed E-state index contributed by atoms with van der Waals surface area (Å²) in [5, 5.41) is 16.9. The van der Waals surface area contributed by atoms with Gasteiger partial charge in [0.15, 0.2) is 5.69 Å². The molecule has 18 heavy (non-hydrogen) atoms. The van der Waals surface area contributed by atoms with Crippen LogP contribution in [0.25, 0.3) is 5.69 Å². The van der Waals surface area contributed by atoms with E-state index in [9.17, 15) is 9.90 Å². The van der Waals surface area contributed by atoms with Crippen LogP contribution in [-0.2, 0) is 11.3 Å². The van der Waals surface area contributed by atoms with Gasteiger partial charge in [0.2, 0.25) is 0 Å². The summed E-state index contributed by atoms with van der Waals surface area (Å²) in [4.78, 5) is 11.3. The van der Waals surface area contributed by atoms with Gasteiger partial charge in [-0.2, -0.15) is 0 Å². The van der Waals surface area contributed by atoms with E-state index in [0.717, 1.165) is 5.56 Å². The minimum absolute atomic E-state index is 0.0284. The number of rotatable bonds is 4. The Labute approximate surface area is 104 Å². The topological polar surface area (TPSA) is 77.2 Å². The molecule has 0 aliphatic heterocycles. The van der Waals surface area contributed by atoms with E-state index in [0.29, 0.717) is 11.4 Å². The molecule has 0 bridgehead atoms. The minimum atomic E-state index is -1.08. The van der Waals surface area contributed by atoms with Crippen LogP contribution in [0.4, 0.5) is 0 Å². The van der Waals surface area contributed by atoms with Gasteiger partial charge in [0.1, 0.15) is 5.69 Å². The summed E-state index contributed by atoms with van der Waals surface area (Å²) in [5.41, 5.74) is 2.09. The van der Waals surface area contributed by atoms with Gasteiger partial charge in [0.05, 0.1) is 12.3 Å². The molecule has 0 spiro atoms. The Morgan fingerprint density at radius 3 is 2.61 bits per heavy atom. The molecule has 0 atom stereocenters. The molecule has 0 saturated carbocycles. The van der Waals surface area contributed by atoms with E-state index in [4.69, 9.17) is 4.74 Å². The molecule has 6 heteroatoms. The van der Waals surface area contributed by atoms with Gasteiger partial charge < -0.3 is 9.84 Å². The van der Waals surface area contributed by atoms with Gasteiger partial charge in [-0.05, 0) is 19.1 Å². The van der Waals surface area contributed by atoms with E-state index in [2.05, 4.69) is 10.3 Å². The number of carboxylic acids is 1. The first-order valence-corrected chi connectivity index (χ1v) is 5.37. The SMILES string of the molecule is COCc1nnn(-c2ccc(C)cc2)c1C(=O)O. The summed E-state index contributed by atoms with van der Waals surface area (Å²) < 4.78 is 6.21. The van der Waals surface area contributed by atoms with E-state index in [1.54, 1.807) is 12.1 Å². The van der Waals surface area contributed by atoms with Gasteiger partial charge in [-0.1, -0.05) is 22.9 Å². The third-order valence-corrected chi connectivity index (χ3v) is 2.50. The molecule has 94 valence electrons. The van der Waals surface area contributed by atoms with Crippen LogP contribution in [0.2, 0.25) is 0 Å². The summed E-state index contributed by atoms with van der Waals surface area (Å²) in [6.07, 6.45) is 0. The predicted molar refractivity (Wildman–Crippen MR) is 63.8 cm³/mol. The molecule has 0 amide bonds. The number of aryl methyl sites for hydroxylation is 1. The molecule has 0 fully saturated rings. The van der Waals surface area contributed by atoms with Crippen molar-refractivity contribution in [1.82, 2.24) is 15.0 Å². The van der Waals surface area contributed by atoms with E-state index >= 15 is 0 Å². The molecule has 1 aromatic heterocycles. The van der Waals surface area contributed by atoms with Gasteiger partial charge in [0, 0.05) is 7.11 Å². The summed E-state index contributed by atoms with van der Waals surface area (Å²) >= 11 is 0. The third kappa shape index (κ3) is 2.23. The lowest BCUT2D eigenvalue weighted by atomic mass is 10.2. The van der Waals surface area contributed by atoms with Crippen molar-refractivity contribution >= 4 is 5.97 Å². The first kappa shape index (κ1) is 12.3. The standard InChI is InChI=1S/C12H13N3O3/c1-8-3-5-9(6-4-8)15-11(12(16)17)10(7-18-2)13-14-15/h3-6H,7H2,1-2H3,(H,16,17). The highest BCUT2D eigenvalue weighted by Gasteiger charge is 2.20. The Morgan fingerprint density at radius 2 is 2.06 bits per heavy atom. The molecule has 1 heterocycles. The number of aromatic nitrogens is 3. The fourth-order valence-electron chi connectivity index (χ4n) is 1.63. The maximum absolute atomic E-state index is 11.3. The minimum Gasteiger partial charge on any atom is -0.476 e. The molecular weight excluding hydrogens is 234 g/mol. The number of methoxy groups -OCH3 is 1. The second-order valence-corrected chi connectivity index (χ2v) is 3.87. The summed E-state index contributed by atoms with van der Waals surface area (Å²) in [7, 11) is 1.48. The number of benzene rings is 1. The lowest BCUT2D eigenvalue weighted by Gasteiger charge is -2.04. The molecule has 0 radical (unpaired) electrons. The van der Waals surface area contributed by atoms with Crippen molar-refractivity contribution in [2.75, 3.05) is 7.11 Å². The van der Waals surface area contributed by atoms with Crippen LogP contribution in [0.1, 0.15) is 21.7 Å². The molecule has 0 unspecified atom stereocenters. The zero-order chi connectivity index (χ0) is 13.1. The van der Waals surface area contributed by atoms with Crippen molar-refractivity contribution in [3.8, 4) is 5.69 Å². The van der Waals surface area contributed by atoms with Gasteiger partial charge in [-0.3, -0.25) is 0 Å². The Bertz CT molecular complexity index is 560. The zero-order valence-corrected chi connectivity index (χ0v) is 10.1. The Morgan fingerprint density at radius 1 is 1.39 bits per heavy atom. The van der Waals surface area contributed by atoms with E-state index in [1.165, 1.54) is 11.8 Å². The second-order valence-electron chi connectivity index (χ2n) is 3.87. The van der Waals surface area contributed by atoms with E-state index in [1.807, 2.05) is 19.1 Å². The van der Waals surface area contributed by atoms with Crippen molar-refractivity contribution in [2.45, 2.75) is 13.5 Å². The molecule has 0 aliphatic rings. The number of carboxylic acid groups (broad SMARTS) is 1. The average Bonchev–Trinajstić information content (AvgIpc) is 2.74. The maximum Gasteiger partial charge on any atom is 0.356 e. The van der Waals surface area contributed by atoms with Crippen LogP contribution >= 0.6 is 0 Å². The number of carbonyl (C=O) groups is 1. The van der Waals surface area contributed by atoms with Gasteiger partial charge in [-0.25, -0.2) is 9.48 Å². The van der Waals surface area contributed by atoms with Crippen LogP contribution in [-0.4, -0.2) is 33.2 Å². The van der Waals surface area contributed by atoms with Gasteiger partial charge in [-0.15, -0.1) is 5.10 Å². The van der Waals surface area contributed by atoms with Crippen molar-refractivity contribution in [2.24, 2.45) is 0 Å². The number of ether oxygens (including phenoxy) is 1. The second kappa shape index (κ2) is 4.97. The Kier molecular flexibility index (Phi) is 3.38. The fraction of sp³-hybridized carbons (Fsp3) is 0.250. The average molecular weight is 247 g/mol. The first-order valence-electron chi connectivity index (χ1n) is 5.37. The number of hydrogen-bond donors (Lipinski definition) is 1. The fourth-order valence-corrected chi connectivity index (χ4v) is 1.63. The molecule has 2 rings (SSSR count). The maximum atomic E-state index is 11.3. The Hall–Kier alpha value is -2.21. The monoisotopic (exact) mass is 247 g/mol. The van der Waals surface area contributed by atoms with Crippen molar-refractivity contribution < 1.29 is 14.6 Å². The highest BCUT2D eigenvalue weighted by atomic mass is 16.5. The number of nitrogens with zero attached hydrogens (tertiary/aromatic N) is 3. The van der Waals surface area contributed by atoms with E-state index in [-0.39, 0.29) is 12.3 Å². The smallest absolute Gasteiger partial charge is 0.356 e. The van der Waals surface area contributed by atoms with Crippen LogP contribution < -0.4 is 0 Å². The largest absolute Gasteiger partial charge is 0.476 e. The summed E-state index contributed by atoms with van der Waals surface area (Å²) in [5.74, 6) is -1.08. The number of aromatic carboxylic acids is 1.